The van der Waals surface area contributed by atoms with Gasteiger partial charge in [-0.1, -0.05) is 41.9 Å². The number of hydrogen-bond acceptors (Lipinski definition) is 8. The number of hydrogen-bond donors (Lipinski definition) is 0. The number of nitrogens with zero attached hydrogens (tertiary/aromatic N) is 4. The topological polar surface area (TPSA) is 122 Å². The summed E-state index contributed by atoms with van der Waals surface area (Å²) in [5.41, 5.74) is 1.70. The summed E-state index contributed by atoms with van der Waals surface area (Å²) in [6.45, 7) is 0.0632. The fraction of sp³-hybridized carbons (Fsp3) is 0.0645. The van der Waals surface area contributed by atoms with Crippen molar-refractivity contribution in [3.8, 4) is 23.1 Å². The second-order valence-electron chi connectivity index (χ2n) is 9.19. The Labute approximate surface area is 243 Å². The molecule has 0 fully saturated rings. The maximum absolute atomic E-state index is 13.7. The monoisotopic (exact) mass is 580 g/mol. The van der Waals surface area contributed by atoms with Gasteiger partial charge >= 0.3 is 0 Å². The summed E-state index contributed by atoms with van der Waals surface area (Å²) in [4.78, 5) is 29.1. The quantitative estimate of drug-likeness (QED) is 0.110. The molecule has 0 atom stereocenters. The molecule has 2 aromatic heterocycles. The van der Waals surface area contributed by atoms with Crippen LogP contribution in [0.3, 0.4) is 0 Å². The van der Waals surface area contributed by atoms with Gasteiger partial charge in [-0.05, 0) is 54.1 Å². The van der Waals surface area contributed by atoms with Gasteiger partial charge in [-0.2, -0.15) is 9.78 Å². The molecule has 42 heavy (non-hydrogen) atoms. The van der Waals surface area contributed by atoms with Crippen LogP contribution in [0.15, 0.2) is 105 Å². The molecule has 208 valence electrons. The minimum absolute atomic E-state index is 0.0343. The maximum atomic E-state index is 13.7. The summed E-state index contributed by atoms with van der Waals surface area (Å²) in [5.74, 6) is 1.54. The Balaban J connectivity index is 1.42. The molecule has 0 aliphatic heterocycles. The van der Waals surface area contributed by atoms with Crippen molar-refractivity contribution >= 4 is 45.4 Å². The highest BCUT2D eigenvalue weighted by Crippen LogP contribution is 2.33. The Morgan fingerprint density at radius 3 is 2.67 bits per heavy atom. The van der Waals surface area contributed by atoms with Crippen LogP contribution in [-0.4, -0.2) is 27.9 Å². The van der Waals surface area contributed by atoms with Gasteiger partial charge in [0.15, 0.2) is 5.76 Å². The van der Waals surface area contributed by atoms with Gasteiger partial charge in [0.25, 0.3) is 11.2 Å². The number of rotatable bonds is 8. The molecular formula is C31H21ClN4O6. The van der Waals surface area contributed by atoms with Gasteiger partial charge in [0.05, 0.1) is 34.5 Å². The number of methoxy groups -OCH3 is 1. The largest absolute Gasteiger partial charge is 0.496 e. The van der Waals surface area contributed by atoms with Crippen LogP contribution in [0.5, 0.6) is 11.5 Å². The number of fused-ring (bicyclic) bond motifs is 2. The molecule has 10 nitrogen and oxygen atoms in total. The predicted molar refractivity (Wildman–Crippen MR) is 160 cm³/mol. The molecule has 0 aliphatic rings. The van der Waals surface area contributed by atoms with E-state index in [1.54, 1.807) is 73.8 Å². The van der Waals surface area contributed by atoms with Gasteiger partial charge in [0.1, 0.15) is 23.7 Å². The number of non-ortho nitro benzene ring substituents is 1. The van der Waals surface area contributed by atoms with Crippen molar-refractivity contribution in [1.82, 2.24) is 9.66 Å². The highest BCUT2D eigenvalue weighted by molar-refractivity contribution is 6.30. The van der Waals surface area contributed by atoms with Crippen molar-refractivity contribution in [3.63, 3.8) is 0 Å². The number of ether oxygens (including phenoxy) is 2. The second kappa shape index (κ2) is 11.2. The molecule has 0 radical (unpaired) electrons. The average molecular weight is 581 g/mol. The van der Waals surface area contributed by atoms with Crippen LogP contribution in [0.2, 0.25) is 5.02 Å². The Morgan fingerprint density at radius 2 is 1.83 bits per heavy atom. The summed E-state index contributed by atoms with van der Waals surface area (Å²) >= 11 is 6.28. The van der Waals surface area contributed by atoms with E-state index in [4.69, 9.17) is 30.5 Å². The Morgan fingerprint density at radius 1 is 1.00 bits per heavy atom. The SMILES string of the molecule is COc1cccc2oc(-c3nc4ccccc4c(=O)n3N=Cc3cc(Cl)ccc3OCc3cccc([N+](=O)[O-])c3)cc12. The Bertz CT molecular complexity index is 2070. The molecule has 2 heterocycles. The number of para-hydroxylation sites is 1. The van der Waals surface area contributed by atoms with Crippen molar-refractivity contribution < 1.29 is 18.8 Å². The smallest absolute Gasteiger partial charge is 0.282 e. The third-order valence-electron chi connectivity index (χ3n) is 6.52. The Hall–Kier alpha value is -5.48. The molecule has 6 aromatic rings. The molecule has 0 aliphatic carbocycles. The maximum Gasteiger partial charge on any atom is 0.282 e. The zero-order valence-corrected chi connectivity index (χ0v) is 22.8. The molecule has 0 spiro atoms. The lowest BCUT2D eigenvalue weighted by Crippen LogP contribution is -2.20. The molecule has 6 rings (SSSR count). The van der Waals surface area contributed by atoms with Crippen LogP contribution in [0.25, 0.3) is 33.5 Å². The summed E-state index contributed by atoms with van der Waals surface area (Å²) < 4.78 is 18.7. The van der Waals surface area contributed by atoms with Crippen LogP contribution >= 0.6 is 11.6 Å². The first kappa shape index (κ1) is 26.7. The van der Waals surface area contributed by atoms with E-state index in [-0.39, 0.29) is 18.1 Å². The lowest BCUT2D eigenvalue weighted by atomic mass is 10.2. The lowest BCUT2D eigenvalue weighted by Gasteiger charge is -2.10. The van der Waals surface area contributed by atoms with Crippen LogP contribution in [0.1, 0.15) is 11.1 Å². The summed E-state index contributed by atoms with van der Waals surface area (Å²) in [7, 11) is 1.57. The third-order valence-corrected chi connectivity index (χ3v) is 6.75. The van der Waals surface area contributed by atoms with E-state index in [2.05, 4.69) is 5.10 Å². The van der Waals surface area contributed by atoms with Gasteiger partial charge < -0.3 is 13.9 Å². The number of nitro benzene ring substituents is 1. The van der Waals surface area contributed by atoms with Gasteiger partial charge in [-0.15, -0.1) is 0 Å². The van der Waals surface area contributed by atoms with Crippen LogP contribution in [-0.2, 0) is 6.61 Å². The number of halogens is 1. The van der Waals surface area contributed by atoms with E-state index in [9.17, 15) is 14.9 Å². The fourth-order valence-corrected chi connectivity index (χ4v) is 4.69. The first-order chi connectivity index (χ1) is 20.4. The molecule has 4 aromatic carbocycles. The van der Waals surface area contributed by atoms with Gasteiger partial charge in [-0.25, -0.2) is 4.98 Å². The highest BCUT2D eigenvalue weighted by Gasteiger charge is 2.18. The normalized spacial score (nSPS) is 11.4. The van der Waals surface area contributed by atoms with E-state index in [0.717, 1.165) is 10.1 Å². The minimum Gasteiger partial charge on any atom is -0.496 e. The van der Waals surface area contributed by atoms with E-state index >= 15 is 0 Å². The fourth-order valence-electron chi connectivity index (χ4n) is 4.51. The van der Waals surface area contributed by atoms with Gasteiger partial charge in [0, 0.05) is 22.7 Å². The zero-order valence-electron chi connectivity index (χ0n) is 22.1. The molecule has 0 saturated heterocycles. The van der Waals surface area contributed by atoms with Gasteiger partial charge in [-0.3, -0.25) is 14.9 Å². The number of furan rings is 1. The van der Waals surface area contributed by atoms with Crippen LogP contribution in [0.4, 0.5) is 5.69 Å². The molecule has 0 amide bonds. The molecular weight excluding hydrogens is 560 g/mol. The van der Waals surface area contributed by atoms with Crippen LogP contribution in [0, 0.1) is 10.1 Å². The summed E-state index contributed by atoms with van der Waals surface area (Å²) in [6.07, 6.45) is 1.44. The van der Waals surface area contributed by atoms with Crippen molar-refractivity contribution in [2.45, 2.75) is 6.61 Å². The van der Waals surface area contributed by atoms with Gasteiger partial charge in [0.2, 0.25) is 5.82 Å². The molecule has 0 unspecified atom stereocenters. The van der Waals surface area contributed by atoms with E-state index in [0.29, 0.717) is 49.9 Å². The first-order valence-corrected chi connectivity index (χ1v) is 13.1. The molecule has 11 heteroatoms. The van der Waals surface area contributed by atoms with Crippen molar-refractivity contribution in [3.05, 3.63) is 128 Å². The standard InChI is InChI=1S/C31H21ClN4O6/c1-40-27-10-5-11-28-24(27)16-29(42-28)30-34-25-9-3-2-8-23(25)31(37)35(30)33-17-20-15-21(32)12-13-26(20)41-18-19-6-4-7-22(14-19)36(38)39/h2-17H,18H2,1H3. The average Bonchev–Trinajstić information content (AvgIpc) is 3.45. The summed E-state index contributed by atoms with van der Waals surface area (Å²) in [5, 5.41) is 17.2. The molecule has 0 N–H and O–H groups in total. The predicted octanol–water partition coefficient (Wildman–Crippen LogP) is 6.84. The number of nitro groups is 1. The second-order valence-corrected chi connectivity index (χ2v) is 9.63. The Kier molecular flexibility index (Phi) is 7.12. The van der Waals surface area contributed by atoms with Crippen LogP contribution < -0.4 is 15.0 Å². The third kappa shape index (κ3) is 5.18. The van der Waals surface area contributed by atoms with E-state index in [1.807, 2.05) is 12.1 Å². The molecule has 0 saturated carbocycles. The zero-order chi connectivity index (χ0) is 29.2. The first-order valence-electron chi connectivity index (χ1n) is 12.7. The van der Waals surface area contributed by atoms with Crippen molar-refractivity contribution in [1.29, 1.82) is 0 Å². The lowest BCUT2D eigenvalue weighted by molar-refractivity contribution is -0.384. The number of aromatic nitrogens is 2. The summed E-state index contributed by atoms with van der Waals surface area (Å²) in [6, 6.07) is 25.3. The minimum atomic E-state index is -0.463. The number of benzene rings is 4. The molecule has 0 bridgehead atoms. The van der Waals surface area contributed by atoms with E-state index < -0.39 is 10.5 Å². The van der Waals surface area contributed by atoms with E-state index in [1.165, 1.54) is 18.3 Å². The van der Waals surface area contributed by atoms with Crippen molar-refractivity contribution in [2.75, 3.05) is 7.11 Å². The van der Waals surface area contributed by atoms with Crippen molar-refractivity contribution in [2.24, 2.45) is 5.10 Å². The highest BCUT2D eigenvalue weighted by atomic mass is 35.5.